The smallest absolute Gasteiger partial charge is 0.195 e. The quantitative estimate of drug-likeness (QED) is 0.859. The third-order valence-corrected chi connectivity index (χ3v) is 3.58. The molecule has 17 heavy (non-hydrogen) atoms. The Bertz CT molecular complexity index is 468. The standard InChI is InChI=1S/C12H20N4S/c1-3-5-15(6-4-2)11-10(9-13)16-7-8-17-12(16)14-11/h7-8H,3-6,9,13H2,1-2H3. The van der Waals surface area contributed by atoms with Gasteiger partial charge in [0.25, 0.3) is 0 Å². The van der Waals surface area contributed by atoms with E-state index >= 15 is 0 Å². The Balaban J connectivity index is 2.40. The van der Waals surface area contributed by atoms with Crippen LogP contribution in [0.2, 0.25) is 0 Å². The minimum absolute atomic E-state index is 0.539. The largest absolute Gasteiger partial charge is 0.355 e. The van der Waals surface area contributed by atoms with Crippen LogP contribution >= 0.6 is 11.3 Å². The second-order valence-electron chi connectivity index (χ2n) is 4.13. The van der Waals surface area contributed by atoms with Crippen molar-refractivity contribution in [2.45, 2.75) is 33.2 Å². The molecule has 4 nitrogen and oxygen atoms in total. The van der Waals surface area contributed by atoms with E-state index in [1.54, 1.807) is 11.3 Å². The predicted molar refractivity (Wildman–Crippen MR) is 73.8 cm³/mol. The lowest BCUT2D eigenvalue weighted by Crippen LogP contribution is -2.26. The number of hydrogen-bond acceptors (Lipinski definition) is 4. The second-order valence-corrected chi connectivity index (χ2v) is 5.00. The zero-order valence-corrected chi connectivity index (χ0v) is 11.3. The number of hydrogen-bond donors (Lipinski definition) is 1. The van der Waals surface area contributed by atoms with E-state index in [-0.39, 0.29) is 0 Å². The predicted octanol–water partition coefficient (Wildman–Crippen LogP) is 2.48. The Morgan fingerprint density at radius 3 is 2.65 bits per heavy atom. The third-order valence-electron chi connectivity index (χ3n) is 2.82. The van der Waals surface area contributed by atoms with E-state index < -0.39 is 0 Å². The van der Waals surface area contributed by atoms with E-state index in [2.05, 4.69) is 34.7 Å². The Labute approximate surface area is 106 Å². The van der Waals surface area contributed by atoms with Crippen LogP contribution in [0, 0.1) is 0 Å². The fraction of sp³-hybridized carbons (Fsp3) is 0.583. The summed E-state index contributed by atoms with van der Waals surface area (Å²) in [5.41, 5.74) is 7.00. The summed E-state index contributed by atoms with van der Waals surface area (Å²) in [4.78, 5) is 8.10. The summed E-state index contributed by atoms with van der Waals surface area (Å²) in [7, 11) is 0. The topological polar surface area (TPSA) is 46.6 Å². The van der Waals surface area contributed by atoms with Crippen LogP contribution in [-0.4, -0.2) is 22.5 Å². The molecular formula is C12H20N4S. The lowest BCUT2D eigenvalue weighted by Gasteiger charge is -2.22. The first-order valence-electron chi connectivity index (χ1n) is 6.21. The molecule has 0 radical (unpaired) electrons. The number of thiazole rings is 1. The van der Waals surface area contributed by atoms with Crippen molar-refractivity contribution in [3.8, 4) is 0 Å². The normalized spacial score (nSPS) is 11.2. The van der Waals surface area contributed by atoms with E-state index in [0.717, 1.165) is 42.4 Å². The van der Waals surface area contributed by atoms with E-state index in [1.807, 2.05) is 0 Å². The molecular weight excluding hydrogens is 232 g/mol. The van der Waals surface area contributed by atoms with Gasteiger partial charge in [0, 0.05) is 31.2 Å². The molecule has 2 heterocycles. The molecule has 0 aliphatic carbocycles. The number of fused-ring (bicyclic) bond motifs is 1. The summed E-state index contributed by atoms with van der Waals surface area (Å²) >= 11 is 1.66. The molecule has 0 fully saturated rings. The maximum absolute atomic E-state index is 5.87. The first-order valence-corrected chi connectivity index (χ1v) is 7.09. The summed E-state index contributed by atoms with van der Waals surface area (Å²) in [6.07, 6.45) is 4.32. The number of aromatic nitrogens is 2. The van der Waals surface area contributed by atoms with Gasteiger partial charge >= 0.3 is 0 Å². The molecule has 0 bridgehead atoms. The van der Waals surface area contributed by atoms with Gasteiger partial charge in [-0.3, -0.25) is 4.40 Å². The molecule has 5 heteroatoms. The summed E-state index contributed by atoms with van der Waals surface area (Å²) < 4.78 is 2.11. The molecule has 0 amide bonds. The van der Waals surface area contributed by atoms with Gasteiger partial charge in [-0.25, -0.2) is 4.98 Å². The second kappa shape index (κ2) is 5.51. The SMILES string of the molecule is CCCN(CCC)c1nc2sccn2c1CN. The first kappa shape index (κ1) is 12.4. The van der Waals surface area contributed by atoms with Gasteiger partial charge in [0.05, 0.1) is 5.69 Å². The Morgan fingerprint density at radius 2 is 2.06 bits per heavy atom. The van der Waals surface area contributed by atoms with E-state index in [9.17, 15) is 0 Å². The van der Waals surface area contributed by atoms with Gasteiger partial charge < -0.3 is 10.6 Å². The highest BCUT2D eigenvalue weighted by atomic mass is 32.1. The molecule has 2 aromatic heterocycles. The highest BCUT2D eigenvalue weighted by Crippen LogP contribution is 2.24. The Morgan fingerprint density at radius 1 is 1.35 bits per heavy atom. The van der Waals surface area contributed by atoms with Crippen molar-refractivity contribution in [2.75, 3.05) is 18.0 Å². The average Bonchev–Trinajstić information content (AvgIpc) is 2.87. The lowest BCUT2D eigenvalue weighted by molar-refractivity contribution is 0.730. The number of rotatable bonds is 6. The molecule has 0 saturated heterocycles. The van der Waals surface area contributed by atoms with E-state index in [4.69, 9.17) is 10.7 Å². The minimum atomic E-state index is 0.539. The number of nitrogens with two attached hydrogens (primary N) is 1. The first-order chi connectivity index (χ1) is 8.31. The molecule has 0 saturated carbocycles. The number of anilines is 1. The van der Waals surface area contributed by atoms with Crippen molar-refractivity contribution in [3.63, 3.8) is 0 Å². The van der Waals surface area contributed by atoms with Crippen molar-refractivity contribution >= 4 is 22.1 Å². The van der Waals surface area contributed by atoms with Gasteiger partial charge in [-0.2, -0.15) is 0 Å². The molecule has 0 aliphatic heterocycles. The number of nitrogens with zero attached hydrogens (tertiary/aromatic N) is 3. The van der Waals surface area contributed by atoms with Gasteiger partial charge in [-0.05, 0) is 12.8 Å². The fourth-order valence-electron chi connectivity index (χ4n) is 2.13. The van der Waals surface area contributed by atoms with Gasteiger partial charge in [-0.1, -0.05) is 13.8 Å². The van der Waals surface area contributed by atoms with Crippen molar-refractivity contribution in [2.24, 2.45) is 5.73 Å². The Kier molecular flexibility index (Phi) is 4.02. The van der Waals surface area contributed by atoms with E-state index in [1.165, 1.54) is 0 Å². The van der Waals surface area contributed by atoms with Crippen molar-refractivity contribution in [3.05, 3.63) is 17.3 Å². The molecule has 0 aromatic carbocycles. The van der Waals surface area contributed by atoms with Crippen LogP contribution in [0.15, 0.2) is 11.6 Å². The third kappa shape index (κ3) is 2.30. The average molecular weight is 252 g/mol. The van der Waals surface area contributed by atoms with Crippen LogP contribution < -0.4 is 10.6 Å². The molecule has 94 valence electrons. The van der Waals surface area contributed by atoms with Crippen LogP contribution in [0.3, 0.4) is 0 Å². The fourth-order valence-corrected chi connectivity index (χ4v) is 2.86. The summed E-state index contributed by atoms with van der Waals surface area (Å²) in [6.45, 7) is 7.03. The number of imidazole rings is 1. The molecule has 2 rings (SSSR count). The highest BCUT2D eigenvalue weighted by Gasteiger charge is 2.16. The monoisotopic (exact) mass is 252 g/mol. The van der Waals surface area contributed by atoms with Crippen LogP contribution in [0.1, 0.15) is 32.4 Å². The molecule has 2 aromatic rings. The van der Waals surface area contributed by atoms with Crippen LogP contribution in [0.5, 0.6) is 0 Å². The van der Waals surface area contributed by atoms with Gasteiger partial charge in [-0.15, -0.1) is 11.3 Å². The zero-order chi connectivity index (χ0) is 12.3. The molecule has 0 unspecified atom stereocenters. The van der Waals surface area contributed by atoms with Crippen LogP contribution in [0.4, 0.5) is 5.82 Å². The Hall–Kier alpha value is -1.07. The molecule has 2 N–H and O–H groups in total. The zero-order valence-electron chi connectivity index (χ0n) is 10.5. The van der Waals surface area contributed by atoms with Gasteiger partial charge in [0.15, 0.2) is 10.8 Å². The van der Waals surface area contributed by atoms with Crippen molar-refractivity contribution in [1.29, 1.82) is 0 Å². The molecule has 0 aliphatic rings. The molecule has 0 atom stereocenters. The molecule has 0 spiro atoms. The van der Waals surface area contributed by atoms with Crippen LogP contribution in [0.25, 0.3) is 4.96 Å². The van der Waals surface area contributed by atoms with Gasteiger partial charge in [0.2, 0.25) is 0 Å². The maximum atomic E-state index is 5.87. The highest BCUT2D eigenvalue weighted by molar-refractivity contribution is 7.15. The minimum Gasteiger partial charge on any atom is -0.355 e. The van der Waals surface area contributed by atoms with Crippen molar-refractivity contribution < 1.29 is 0 Å². The summed E-state index contributed by atoms with van der Waals surface area (Å²) in [5, 5.41) is 2.05. The summed E-state index contributed by atoms with van der Waals surface area (Å²) in [5.74, 6) is 1.07. The lowest BCUT2D eigenvalue weighted by atomic mass is 10.3. The maximum Gasteiger partial charge on any atom is 0.195 e. The van der Waals surface area contributed by atoms with E-state index in [0.29, 0.717) is 6.54 Å². The van der Waals surface area contributed by atoms with Crippen molar-refractivity contribution in [1.82, 2.24) is 9.38 Å². The van der Waals surface area contributed by atoms with Gasteiger partial charge in [0.1, 0.15) is 0 Å². The summed E-state index contributed by atoms with van der Waals surface area (Å²) in [6, 6.07) is 0. The van der Waals surface area contributed by atoms with Crippen LogP contribution in [-0.2, 0) is 6.54 Å².